The quantitative estimate of drug-likeness (QED) is 0.620. The maximum Gasteiger partial charge on any atom is 0.0876 e. The van der Waals surface area contributed by atoms with Crippen LogP contribution in [-0.2, 0) is 12.0 Å². The van der Waals surface area contributed by atoms with E-state index in [1.54, 1.807) is 0 Å². The van der Waals surface area contributed by atoms with Crippen LogP contribution < -0.4 is 0 Å². The zero-order valence-electron chi connectivity index (χ0n) is 15.9. The highest BCUT2D eigenvalue weighted by molar-refractivity contribution is 6.14. The Kier molecular flexibility index (Phi) is 3.99. The second-order valence-electron chi connectivity index (χ2n) is 7.50. The highest BCUT2D eigenvalue weighted by Gasteiger charge is 2.33. The lowest BCUT2D eigenvalue weighted by Crippen LogP contribution is -2.31. The molecule has 0 fully saturated rings. The molecule has 2 heteroatoms. The summed E-state index contributed by atoms with van der Waals surface area (Å²) in [6, 6.07) is 19.4. The van der Waals surface area contributed by atoms with Crippen LogP contribution in [-0.4, -0.2) is 10.7 Å². The number of fused-ring (bicyclic) bond motifs is 1. The van der Waals surface area contributed by atoms with Crippen LogP contribution in [0.4, 0.5) is 0 Å². The van der Waals surface area contributed by atoms with Gasteiger partial charge in [-0.3, -0.25) is 9.98 Å². The van der Waals surface area contributed by atoms with Gasteiger partial charge in [0.15, 0.2) is 0 Å². The van der Waals surface area contributed by atoms with Gasteiger partial charge in [0.25, 0.3) is 0 Å². The van der Waals surface area contributed by atoms with E-state index in [0.29, 0.717) is 0 Å². The molecule has 2 nitrogen and oxygen atoms in total. The Morgan fingerprint density at radius 3 is 2.38 bits per heavy atom. The molecule has 3 aromatic rings. The maximum atomic E-state index is 5.28. The molecule has 0 saturated heterocycles. The molecule has 26 heavy (non-hydrogen) atoms. The first kappa shape index (κ1) is 16.7. The summed E-state index contributed by atoms with van der Waals surface area (Å²) in [5, 5.41) is 0. The predicted octanol–water partition coefficient (Wildman–Crippen LogP) is 5.32. The molecule has 0 amide bonds. The molecule has 0 spiro atoms. The number of rotatable bonds is 2. The summed E-state index contributed by atoms with van der Waals surface area (Å²) in [7, 11) is 0. The highest BCUT2D eigenvalue weighted by atomic mass is 14.9. The van der Waals surface area contributed by atoms with E-state index in [1.165, 1.54) is 27.8 Å². The molecular formula is C24H24N2. The fourth-order valence-electron chi connectivity index (χ4n) is 3.81. The molecule has 1 unspecified atom stereocenters. The minimum Gasteiger partial charge on any atom is -0.273 e. The third-order valence-corrected chi connectivity index (χ3v) is 5.55. The van der Waals surface area contributed by atoms with Gasteiger partial charge in [0.05, 0.1) is 11.3 Å². The van der Waals surface area contributed by atoms with Crippen molar-refractivity contribution in [2.45, 2.75) is 39.7 Å². The standard InChI is InChI=1S/C24H24N2/c1-16-9-8-12-21-22(16)14-24(4,20-10-6-5-7-11-20)26-23(21)19-13-17(2)18(3)25-15-19/h5-13,15H,14H2,1-4H3. The summed E-state index contributed by atoms with van der Waals surface area (Å²) in [6.07, 6.45) is 2.88. The molecule has 0 N–H and O–H groups in total. The molecule has 0 radical (unpaired) electrons. The van der Waals surface area contributed by atoms with Gasteiger partial charge in [0, 0.05) is 29.4 Å². The van der Waals surface area contributed by atoms with E-state index in [4.69, 9.17) is 4.99 Å². The van der Waals surface area contributed by atoms with Gasteiger partial charge in [-0.15, -0.1) is 0 Å². The van der Waals surface area contributed by atoms with Crippen LogP contribution in [0.3, 0.4) is 0 Å². The van der Waals surface area contributed by atoms with Gasteiger partial charge in [0.1, 0.15) is 0 Å². The van der Waals surface area contributed by atoms with Crippen molar-refractivity contribution in [3.8, 4) is 0 Å². The maximum absolute atomic E-state index is 5.28. The molecule has 0 aliphatic carbocycles. The number of nitrogens with zero attached hydrogens (tertiary/aromatic N) is 2. The number of aromatic nitrogens is 1. The zero-order chi connectivity index (χ0) is 18.3. The fourth-order valence-corrected chi connectivity index (χ4v) is 3.81. The molecule has 1 aromatic heterocycles. The van der Waals surface area contributed by atoms with Gasteiger partial charge in [0.2, 0.25) is 0 Å². The largest absolute Gasteiger partial charge is 0.273 e. The number of hydrogen-bond donors (Lipinski definition) is 0. The molecule has 0 saturated carbocycles. The van der Waals surface area contributed by atoms with Crippen molar-refractivity contribution in [2.75, 3.05) is 0 Å². The number of benzene rings is 2. The van der Waals surface area contributed by atoms with Crippen molar-refractivity contribution in [1.29, 1.82) is 0 Å². The van der Waals surface area contributed by atoms with Crippen molar-refractivity contribution in [1.82, 2.24) is 4.98 Å². The SMILES string of the molecule is Cc1cc(C2=NC(C)(c3ccccc3)Cc3c(C)cccc32)cnc1C. The van der Waals surface area contributed by atoms with Crippen LogP contribution >= 0.6 is 0 Å². The average Bonchev–Trinajstić information content (AvgIpc) is 2.65. The van der Waals surface area contributed by atoms with E-state index in [1.807, 2.05) is 13.1 Å². The van der Waals surface area contributed by atoms with Crippen molar-refractivity contribution in [3.05, 3.63) is 99.9 Å². The van der Waals surface area contributed by atoms with Crippen LogP contribution in [0.5, 0.6) is 0 Å². The summed E-state index contributed by atoms with van der Waals surface area (Å²) in [5.74, 6) is 0. The summed E-state index contributed by atoms with van der Waals surface area (Å²) in [4.78, 5) is 9.87. The first-order chi connectivity index (χ1) is 12.5. The second kappa shape index (κ2) is 6.21. The minimum atomic E-state index is -0.269. The summed E-state index contributed by atoms with van der Waals surface area (Å²) >= 11 is 0. The first-order valence-electron chi connectivity index (χ1n) is 9.16. The monoisotopic (exact) mass is 340 g/mol. The molecule has 130 valence electrons. The minimum absolute atomic E-state index is 0.269. The molecule has 1 aliphatic rings. The third-order valence-electron chi connectivity index (χ3n) is 5.55. The van der Waals surface area contributed by atoms with Crippen LogP contribution in [0.15, 0.2) is 65.8 Å². The Hall–Kier alpha value is -2.74. The summed E-state index contributed by atoms with van der Waals surface area (Å²) < 4.78 is 0. The van der Waals surface area contributed by atoms with Crippen molar-refractivity contribution in [3.63, 3.8) is 0 Å². The van der Waals surface area contributed by atoms with Gasteiger partial charge in [-0.25, -0.2) is 0 Å². The number of aryl methyl sites for hydroxylation is 3. The lowest BCUT2D eigenvalue weighted by Gasteiger charge is -2.34. The van der Waals surface area contributed by atoms with Crippen molar-refractivity contribution in [2.24, 2.45) is 4.99 Å². The van der Waals surface area contributed by atoms with E-state index in [0.717, 1.165) is 23.4 Å². The second-order valence-corrected chi connectivity index (χ2v) is 7.50. The Labute approximate surface area is 155 Å². The van der Waals surface area contributed by atoms with Crippen LogP contribution in [0, 0.1) is 20.8 Å². The first-order valence-corrected chi connectivity index (χ1v) is 9.16. The molecule has 2 heterocycles. The average molecular weight is 340 g/mol. The summed E-state index contributed by atoms with van der Waals surface area (Å²) in [6.45, 7) is 8.61. The zero-order valence-corrected chi connectivity index (χ0v) is 15.9. The number of hydrogen-bond acceptors (Lipinski definition) is 2. The number of aliphatic imine (C=N–C) groups is 1. The fraction of sp³-hybridized carbons (Fsp3) is 0.250. The Balaban J connectivity index is 1.96. The van der Waals surface area contributed by atoms with Gasteiger partial charge < -0.3 is 0 Å². The molecular weight excluding hydrogens is 316 g/mol. The Morgan fingerprint density at radius 1 is 0.885 bits per heavy atom. The third kappa shape index (κ3) is 2.76. The predicted molar refractivity (Wildman–Crippen MR) is 108 cm³/mol. The number of pyridine rings is 1. The Morgan fingerprint density at radius 2 is 1.65 bits per heavy atom. The van der Waals surface area contributed by atoms with E-state index >= 15 is 0 Å². The Bertz CT molecular complexity index is 1000. The molecule has 1 aliphatic heterocycles. The normalized spacial score (nSPS) is 19.0. The highest BCUT2D eigenvalue weighted by Crippen LogP contribution is 2.38. The van der Waals surface area contributed by atoms with Crippen LogP contribution in [0.2, 0.25) is 0 Å². The van der Waals surface area contributed by atoms with Gasteiger partial charge in [-0.1, -0.05) is 48.5 Å². The van der Waals surface area contributed by atoms with Crippen molar-refractivity contribution < 1.29 is 0 Å². The lowest BCUT2D eigenvalue weighted by atomic mass is 9.78. The van der Waals surface area contributed by atoms with E-state index in [9.17, 15) is 0 Å². The molecule has 0 bridgehead atoms. The van der Waals surface area contributed by atoms with Gasteiger partial charge in [-0.05, 0) is 56.0 Å². The molecule has 4 rings (SSSR count). The van der Waals surface area contributed by atoms with Gasteiger partial charge in [-0.2, -0.15) is 0 Å². The smallest absolute Gasteiger partial charge is 0.0876 e. The van der Waals surface area contributed by atoms with E-state index < -0.39 is 0 Å². The lowest BCUT2D eigenvalue weighted by molar-refractivity contribution is 0.487. The van der Waals surface area contributed by atoms with Crippen LogP contribution in [0.1, 0.15) is 46.0 Å². The molecule has 1 atom stereocenters. The van der Waals surface area contributed by atoms with Crippen LogP contribution in [0.25, 0.3) is 0 Å². The van der Waals surface area contributed by atoms with Gasteiger partial charge >= 0.3 is 0 Å². The van der Waals surface area contributed by atoms with Crippen molar-refractivity contribution >= 4 is 5.71 Å². The molecule has 2 aromatic carbocycles. The van der Waals surface area contributed by atoms with E-state index in [2.05, 4.69) is 80.4 Å². The summed E-state index contributed by atoms with van der Waals surface area (Å²) in [5.41, 5.74) is 9.36. The topological polar surface area (TPSA) is 25.2 Å². The van der Waals surface area contributed by atoms with E-state index in [-0.39, 0.29) is 5.54 Å².